The Labute approximate surface area is 222 Å². The van der Waals surface area contributed by atoms with Gasteiger partial charge in [-0.15, -0.1) is 0 Å². The number of carbonyl (C=O) groups is 2. The first-order chi connectivity index (χ1) is 18.5. The molecule has 0 aliphatic carbocycles. The number of amidine groups is 1. The van der Waals surface area contributed by atoms with Crippen LogP contribution in [0.25, 0.3) is 0 Å². The van der Waals surface area contributed by atoms with Gasteiger partial charge in [-0.05, 0) is 43.2 Å². The van der Waals surface area contributed by atoms with Crippen LogP contribution in [0.2, 0.25) is 0 Å². The molecule has 38 heavy (non-hydrogen) atoms. The number of hydrogen-bond donors (Lipinski definition) is 2. The average Bonchev–Trinajstić information content (AvgIpc) is 3.43. The van der Waals surface area contributed by atoms with Crippen LogP contribution in [-0.4, -0.2) is 66.5 Å². The van der Waals surface area contributed by atoms with Crippen molar-refractivity contribution in [3.63, 3.8) is 0 Å². The molecule has 10 nitrogen and oxygen atoms in total. The number of rotatable bonds is 8. The molecular formula is C28H33N7O3+. The summed E-state index contributed by atoms with van der Waals surface area (Å²) in [4.78, 5) is 40.1. The fourth-order valence-electron chi connectivity index (χ4n) is 4.47. The van der Waals surface area contributed by atoms with Crippen molar-refractivity contribution >= 4 is 29.2 Å². The molecule has 2 aromatic rings. The molecule has 197 valence electrons. The maximum Gasteiger partial charge on any atom is 0.308 e. The van der Waals surface area contributed by atoms with E-state index in [-0.39, 0.29) is 17.9 Å². The molecule has 3 aliphatic heterocycles. The maximum atomic E-state index is 12.7. The quantitative estimate of drug-likeness (QED) is 0.524. The van der Waals surface area contributed by atoms with Gasteiger partial charge < -0.3 is 20.3 Å². The van der Waals surface area contributed by atoms with Gasteiger partial charge in [0.15, 0.2) is 6.20 Å². The van der Waals surface area contributed by atoms with E-state index in [9.17, 15) is 9.59 Å². The Morgan fingerprint density at radius 1 is 1.18 bits per heavy atom. The van der Waals surface area contributed by atoms with Gasteiger partial charge in [-0.1, -0.05) is 24.0 Å². The van der Waals surface area contributed by atoms with Crippen LogP contribution in [0.3, 0.4) is 0 Å². The Morgan fingerprint density at radius 3 is 2.79 bits per heavy atom. The Kier molecular flexibility index (Phi) is 7.81. The Balaban J connectivity index is 1.31. The molecule has 2 amide bonds. The van der Waals surface area contributed by atoms with Gasteiger partial charge in [-0.25, -0.2) is 4.98 Å². The number of carbonyl (C=O) groups excluding carboxylic acids is 2. The third-order valence-electron chi connectivity index (χ3n) is 6.74. The molecule has 10 heteroatoms. The van der Waals surface area contributed by atoms with Crippen molar-refractivity contribution in [3.8, 4) is 0 Å². The summed E-state index contributed by atoms with van der Waals surface area (Å²) in [5.74, 6) is 1.39. The number of amides is 2. The normalized spacial score (nSPS) is 17.9. The lowest BCUT2D eigenvalue weighted by Gasteiger charge is -2.27. The Morgan fingerprint density at radius 2 is 2.03 bits per heavy atom. The lowest BCUT2D eigenvalue weighted by atomic mass is 10.1. The zero-order valence-electron chi connectivity index (χ0n) is 21.8. The molecular weight excluding hydrogens is 482 g/mol. The highest BCUT2D eigenvalue weighted by Crippen LogP contribution is 2.25. The average molecular weight is 516 g/mol. The highest BCUT2D eigenvalue weighted by Gasteiger charge is 2.36. The molecule has 2 N–H and O–H groups in total. The third kappa shape index (κ3) is 5.92. The van der Waals surface area contributed by atoms with Crippen molar-refractivity contribution in [2.45, 2.75) is 32.7 Å². The number of hydrogen-bond acceptors (Lipinski definition) is 8. The maximum absolute atomic E-state index is 12.7. The minimum Gasteiger partial charge on any atom is -0.378 e. The highest BCUT2D eigenvalue weighted by molar-refractivity contribution is 6.06. The predicted molar refractivity (Wildman–Crippen MR) is 147 cm³/mol. The lowest BCUT2D eigenvalue weighted by Crippen LogP contribution is -2.46. The second kappa shape index (κ2) is 11.6. The van der Waals surface area contributed by atoms with Crippen LogP contribution in [0, 0.1) is 0 Å². The minimum absolute atomic E-state index is 0.0200. The van der Waals surface area contributed by atoms with Gasteiger partial charge in [0.2, 0.25) is 12.6 Å². The van der Waals surface area contributed by atoms with E-state index in [1.54, 1.807) is 29.4 Å². The van der Waals surface area contributed by atoms with Crippen molar-refractivity contribution in [2.24, 2.45) is 4.99 Å². The number of nitrogens with zero attached hydrogens (tertiary/aromatic N) is 5. The fourth-order valence-corrected chi connectivity index (χ4v) is 4.47. The summed E-state index contributed by atoms with van der Waals surface area (Å²) in [6.07, 6.45) is 8.52. The molecule has 1 unspecified atom stereocenters. The SMILES string of the molecule is CCC(C)NC(=O)Cc1cccc(N2C=C(Nc3ccc(C(=O)N4CCOCC4)cn3)C3=NC=C[N+]3C2)c1. The van der Waals surface area contributed by atoms with Crippen LogP contribution >= 0.6 is 0 Å². The summed E-state index contributed by atoms with van der Waals surface area (Å²) in [6, 6.07) is 11.7. The molecule has 1 radical (unpaired) electrons. The third-order valence-corrected chi connectivity index (χ3v) is 6.74. The number of pyridine rings is 1. The van der Waals surface area contributed by atoms with Gasteiger partial charge in [0.1, 0.15) is 11.5 Å². The Bertz CT molecular complexity index is 1270. The van der Waals surface area contributed by atoms with E-state index in [1.165, 1.54) is 0 Å². The van der Waals surface area contributed by atoms with Crippen LogP contribution in [0.4, 0.5) is 11.5 Å². The van der Waals surface area contributed by atoms with Gasteiger partial charge in [0, 0.05) is 37.2 Å². The molecule has 0 spiro atoms. The molecule has 1 aromatic carbocycles. The van der Waals surface area contributed by atoms with E-state index >= 15 is 0 Å². The molecule has 5 rings (SSSR count). The summed E-state index contributed by atoms with van der Waals surface area (Å²) in [5, 5.41) is 6.39. The van der Waals surface area contributed by atoms with Crippen molar-refractivity contribution in [1.82, 2.24) is 20.1 Å². The number of nitrogens with one attached hydrogen (secondary N) is 2. The lowest BCUT2D eigenvalue weighted by molar-refractivity contribution is -0.121. The number of fused-ring (bicyclic) bond motifs is 1. The number of anilines is 2. The molecule has 0 saturated carbocycles. The van der Waals surface area contributed by atoms with Gasteiger partial charge >= 0.3 is 5.84 Å². The molecule has 1 saturated heterocycles. The molecule has 1 aromatic heterocycles. The van der Waals surface area contributed by atoms with Crippen molar-refractivity contribution < 1.29 is 14.3 Å². The summed E-state index contributed by atoms with van der Waals surface area (Å²) in [7, 11) is 0. The molecule has 1 atom stereocenters. The molecule has 4 heterocycles. The van der Waals surface area contributed by atoms with Gasteiger partial charge in [-0.2, -0.15) is 4.99 Å². The zero-order valence-corrected chi connectivity index (χ0v) is 21.8. The largest absolute Gasteiger partial charge is 0.378 e. The monoisotopic (exact) mass is 515 g/mol. The molecule has 0 bridgehead atoms. The standard InChI is InChI=1S/C28H33N7O3/c1-3-20(2)31-26(36)16-21-5-4-6-23(15-21)35-18-24(27-29-9-10-34(27)19-35)32-25-8-7-22(17-30-25)28(37)33-11-13-38-14-12-33/h4-10,15,17-18,20H,3,11-14,16,19H2,1-2H3,(H,30,32)(H,31,36)/q+1. The number of aliphatic imine (C=N–C) groups is 1. The number of morpholine rings is 1. The zero-order chi connectivity index (χ0) is 26.5. The van der Waals surface area contributed by atoms with Crippen LogP contribution in [-0.2, 0) is 16.0 Å². The Hall–Kier alpha value is -4.02. The van der Waals surface area contributed by atoms with Crippen molar-refractivity contribution in [1.29, 1.82) is 0 Å². The number of benzene rings is 1. The number of aromatic nitrogens is 1. The first-order valence-electron chi connectivity index (χ1n) is 13.0. The highest BCUT2D eigenvalue weighted by atomic mass is 16.5. The summed E-state index contributed by atoms with van der Waals surface area (Å²) >= 11 is 0. The van der Waals surface area contributed by atoms with E-state index in [0.717, 1.165) is 29.2 Å². The first kappa shape index (κ1) is 25.6. The van der Waals surface area contributed by atoms with E-state index in [4.69, 9.17) is 4.74 Å². The van der Waals surface area contributed by atoms with Crippen LogP contribution < -0.4 is 20.4 Å². The minimum atomic E-state index is -0.0383. The van der Waals surface area contributed by atoms with Crippen molar-refractivity contribution in [3.05, 3.63) is 78.0 Å². The topological polar surface area (TPSA) is 105 Å². The smallest absolute Gasteiger partial charge is 0.308 e. The fraction of sp³-hybridized carbons (Fsp3) is 0.357. The van der Waals surface area contributed by atoms with Crippen LogP contribution in [0.5, 0.6) is 0 Å². The molecule has 1 fully saturated rings. The van der Waals surface area contributed by atoms with Crippen LogP contribution in [0.15, 0.2) is 71.9 Å². The summed E-state index contributed by atoms with van der Waals surface area (Å²) < 4.78 is 5.34. The summed E-state index contributed by atoms with van der Waals surface area (Å²) in [5.41, 5.74) is 3.25. The summed E-state index contributed by atoms with van der Waals surface area (Å²) in [6.45, 7) is 6.95. The van der Waals surface area contributed by atoms with E-state index in [2.05, 4.69) is 32.4 Å². The van der Waals surface area contributed by atoms with E-state index in [1.807, 2.05) is 48.5 Å². The first-order valence-corrected chi connectivity index (χ1v) is 13.0. The second-order valence-electron chi connectivity index (χ2n) is 9.56. The predicted octanol–water partition coefficient (Wildman–Crippen LogP) is 2.77. The van der Waals surface area contributed by atoms with Crippen molar-refractivity contribution in [2.75, 3.05) is 43.2 Å². The molecule has 3 aliphatic rings. The van der Waals surface area contributed by atoms with E-state index in [0.29, 0.717) is 50.8 Å². The van der Waals surface area contributed by atoms with Gasteiger partial charge in [0.25, 0.3) is 5.91 Å². The van der Waals surface area contributed by atoms with Gasteiger partial charge in [-0.3, -0.25) is 14.5 Å². The van der Waals surface area contributed by atoms with E-state index < -0.39 is 0 Å². The van der Waals surface area contributed by atoms with Crippen LogP contribution in [0.1, 0.15) is 36.2 Å². The van der Waals surface area contributed by atoms with Gasteiger partial charge in [0.05, 0.1) is 31.4 Å². The number of ether oxygens (including phenoxy) is 1. The second-order valence-corrected chi connectivity index (χ2v) is 9.56.